The molecule has 0 spiro atoms. The monoisotopic (exact) mass is 974 g/mol. The summed E-state index contributed by atoms with van der Waals surface area (Å²) < 4.78 is 48.6. The van der Waals surface area contributed by atoms with Gasteiger partial charge in [-0.15, -0.1) is 0 Å². The average molecular weight is 974 g/mol. The Morgan fingerprint density at radius 1 is 0.838 bits per heavy atom. The Labute approximate surface area is 406 Å². The third-order valence-electron chi connectivity index (χ3n) is 14.7. The summed E-state index contributed by atoms with van der Waals surface area (Å²) in [5.74, 6) is -4.16. The van der Waals surface area contributed by atoms with Crippen molar-refractivity contribution in [3.05, 3.63) is 47.6 Å². The number of hydrogen-bond donors (Lipinski definition) is 1. The third-order valence-corrected chi connectivity index (χ3v) is 15.4. The highest BCUT2D eigenvalue weighted by molar-refractivity contribution is 7.57. The first-order valence-electron chi connectivity index (χ1n) is 25.1. The summed E-state index contributed by atoms with van der Waals surface area (Å²) in [7, 11) is 1.86. The zero-order valence-corrected chi connectivity index (χ0v) is 44.0. The summed E-state index contributed by atoms with van der Waals surface area (Å²) in [6.45, 7) is 16.4. The summed E-state index contributed by atoms with van der Waals surface area (Å²) in [6, 6.07) is -1.03. The Kier molecular flexibility index (Phi) is 22.8. The first-order valence-corrected chi connectivity index (χ1v) is 27.6. The van der Waals surface area contributed by atoms with Gasteiger partial charge >= 0.3 is 5.97 Å². The van der Waals surface area contributed by atoms with Crippen LogP contribution in [0.3, 0.4) is 0 Å². The lowest BCUT2D eigenvalue weighted by atomic mass is 9.78. The van der Waals surface area contributed by atoms with Gasteiger partial charge in [0.05, 0.1) is 24.4 Å². The fraction of sp³-hybridized carbons (Fsp3) is 0.755. The van der Waals surface area contributed by atoms with Crippen molar-refractivity contribution in [3.63, 3.8) is 0 Å². The molecule has 4 aliphatic rings. The number of Topliss-reactive ketones (excluding diaryl/α,β-unsaturated/α-hetero) is 3. The number of cyclic esters (lactones) is 1. The van der Waals surface area contributed by atoms with Gasteiger partial charge in [-0.25, -0.2) is 4.79 Å². The molecule has 1 amide bonds. The molecule has 0 aromatic carbocycles. The zero-order chi connectivity index (χ0) is 50.5. The van der Waals surface area contributed by atoms with E-state index in [-0.39, 0.29) is 72.6 Å². The molecular formula is C53H84NO13P. The summed E-state index contributed by atoms with van der Waals surface area (Å²) in [4.78, 5) is 72.2. The maximum atomic E-state index is 14.5. The number of rotatable bonds is 8. The SMILES string of the molecule is CO[C@H]1C[C@@H]2CC[C@@H](C)C(O2)C(=O)C(=O)N2CCCCC2C(=O)O[C@H]([C@H](C)C[C@@H]2CC[C@@H](OP(C)(C)=O)[C@H](OC)C2)CC(=O)[C@H](C)/C=C(\C)C(O)[C@@H](OC)C(=O)[C@H](C)C[C@H](C)/C=C/C=C/C=C/1C. The lowest BCUT2D eigenvalue weighted by molar-refractivity contribution is -0.170. The Bertz CT molecular complexity index is 1890. The largest absolute Gasteiger partial charge is 0.460 e. The first-order chi connectivity index (χ1) is 32.1. The van der Waals surface area contributed by atoms with Crippen LogP contribution in [-0.4, -0.2) is 135 Å². The second-order valence-electron chi connectivity index (χ2n) is 20.8. The van der Waals surface area contributed by atoms with Crippen LogP contribution in [0, 0.1) is 35.5 Å². The number of ketones is 3. The minimum absolute atomic E-state index is 0.0387. The normalized spacial score (nSPS) is 38.3. The summed E-state index contributed by atoms with van der Waals surface area (Å²) >= 11 is 0. The van der Waals surface area contributed by atoms with Gasteiger partial charge in [-0.1, -0.05) is 71.1 Å². The van der Waals surface area contributed by atoms with Crippen molar-refractivity contribution in [1.82, 2.24) is 4.90 Å². The van der Waals surface area contributed by atoms with Crippen molar-refractivity contribution in [2.75, 3.05) is 41.2 Å². The van der Waals surface area contributed by atoms with Crippen LogP contribution < -0.4 is 0 Å². The number of aliphatic hydroxyl groups excluding tert-OH is 1. The topological polar surface area (TPSA) is 181 Å². The van der Waals surface area contributed by atoms with Crippen LogP contribution in [0.4, 0.5) is 0 Å². The fourth-order valence-corrected chi connectivity index (χ4v) is 11.4. The number of hydrogen-bond acceptors (Lipinski definition) is 13. The molecule has 3 aliphatic heterocycles. The third kappa shape index (κ3) is 16.5. The molecule has 3 heterocycles. The molecule has 68 heavy (non-hydrogen) atoms. The van der Waals surface area contributed by atoms with Crippen molar-refractivity contribution in [2.24, 2.45) is 35.5 Å². The molecule has 14 nitrogen and oxygen atoms in total. The lowest BCUT2D eigenvalue weighted by Gasteiger charge is -2.39. The van der Waals surface area contributed by atoms with Crippen LogP contribution in [0.2, 0.25) is 0 Å². The van der Waals surface area contributed by atoms with Gasteiger partial charge in [0.25, 0.3) is 5.91 Å². The van der Waals surface area contributed by atoms with E-state index >= 15 is 0 Å². The van der Waals surface area contributed by atoms with Crippen molar-refractivity contribution < 1.29 is 61.9 Å². The number of ether oxygens (including phenoxy) is 5. The molecule has 384 valence electrons. The van der Waals surface area contributed by atoms with Crippen molar-refractivity contribution in [3.8, 4) is 0 Å². The Balaban J connectivity index is 1.68. The van der Waals surface area contributed by atoms with E-state index in [0.717, 1.165) is 12.0 Å². The molecule has 2 saturated heterocycles. The molecule has 2 bridgehead atoms. The van der Waals surface area contributed by atoms with E-state index in [1.165, 1.54) is 12.0 Å². The quantitative estimate of drug-likeness (QED) is 0.106. The lowest BCUT2D eigenvalue weighted by Crippen LogP contribution is -2.55. The predicted octanol–water partition coefficient (Wildman–Crippen LogP) is 8.42. The number of nitrogens with zero attached hydrogens (tertiary/aromatic N) is 1. The molecule has 4 rings (SSSR count). The van der Waals surface area contributed by atoms with Crippen molar-refractivity contribution >= 4 is 36.6 Å². The van der Waals surface area contributed by atoms with E-state index in [2.05, 4.69) is 0 Å². The molecule has 15 atom stereocenters. The minimum Gasteiger partial charge on any atom is -0.460 e. The highest BCUT2D eigenvalue weighted by atomic mass is 31.2. The number of methoxy groups -OCH3 is 3. The maximum absolute atomic E-state index is 14.5. The molecule has 1 aliphatic carbocycles. The van der Waals surface area contributed by atoms with Crippen LogP contribution in [-0.2, 0) is 56.7 Å². The molecule has 0 radical (unpaired) electrons. The minimum atomic E-state index is -2.77. The number of carbonyl (C=O) groups excluding carboxylic acids is 5. The van der Waals surface area contributed by atoms with Crippen LogP contribution in [0.25, 0.3) is 0 Å². The van der Waals surface area contributed by atoms with E-state index in [1.54, 1.807) is 47.5 Å². The van der Waals surface area contributed by atoms with E-state index in [9.17, 15) is 33.6 Å². The smallest absolute Gasteiger partial charge is 0.329 e. The fourth-order valence-electron chi connectivity index (χ4n) is 10.5. The van der Waals surface area contributed by atoms with Crippen LogP contribution in [0.1, 0.15) is 126 Å². The van der Waals surface area contributed by atoms with Gasteiger partial charge in [-0.3, -0.25) is 23.7 Å². The number of carbonyl (C=O) groups is 5. The Morgan fingerprint density at radius 2 is 1.56 bits per heavy atom. The van der Waals surface area contributed by atoms with Gasteiger partial charge in [-0.05, 0) is 113 Å². The van der Waals surface area contributed by atoms with E-state index in [1.807, 2.05) is 65.0 Å². The van der Waals surface area contributed by atoms with Crippen molar-refractivity contribution in [2.45, 2.75) is 180 Å². The van der Waals surface area contributed by atoms with Crippen LogP contribution in [0.5, 0.6) is 0 Å². The molecule has 0 aromatic rings. The molecule has 0 aromatic heterocycles. The molecule has 15 heteroatoms. The summed E-state index contributed by atoms with van der Waals surface area (Å²) in [5, 5.41) is 11.5. The van der Waals surface area contributed by atoms with Gasteiger partial charge in [-0.2, -0.15) is 0 Å². The Morgan fingerprint density at radius 3 is 2.22 bits per heavy atom. The maximum Gasteiger partial charge on any atom is 0.329 e. The van der Waals surface area contributed by atoms with Crippen LogP contribution >= 0.6 is 7.37 Å². The second kappa shape index (κ2) is 26.9. The second-order valence-corrected chi connectivity index (χ2v) is 23.5. The standard InChI is InChI=1S/C53H84NO13P/c1-32-18-14-13-15-19-33(2)44(62-8)30-40-23-21-34(3)50(65-40)49(58)52(59)54-25-17-16-20-41(54)53(60)66-45(36(5)28-39-22-24-43(46(29-39)63-9)67-68(11,12)61)31-42(55)35(4)27-38(7)48(57)51(64-10)47(56)37(6)26-32/h13-15,18-19,27,32,34-37,39-41,43-46,48,50-51,57H,16-17,20-26,28-31H2,1-12H3/b15-13+,18-14+,33-19+,38-27+/t32-,34-,35-,36-,37-,39+,40+,41?,43-,44+,45+,46-,48?,50?,51+/m1/s1. The van der Waals surface area contributed by atoms with Gasteiger partial charge < -0.3 is 38.2 Å². The van der Waals surface area contributed by atoms with E-state index in [4.69, 9.17) is 28.2 Å². The average Bonchev–Trinajstić information content (AvgIpc) is 3.29. The summed E-state index contributed by atoms with van der Waals surface area (Å²) in [6.07, 6.45) is 12.2. The highest BCUT2D eigenvalue weighted by Gasteiger charge is 2.44. The first kappa shape index (κ1) is 57.5. The highest BCUT2D eigenvalue weighted by Crippen LogP contribution is 2.44. The van der Waals surface area contributed by atoms with E-state index < -0.39 is 67.3 Å². The van der Waals surface area contributed by atoms with Gasteiger partial charge in [0.2, 0.25) is 5.78 Å². The van der Waals surface area contributed by atoms with Gasteiger partial charge in [0, 0.05) is 65.9 Å². The Hall–Kier alpha value is -3.10. The number of piperidine rings is 1. The molecular weight excluding hydrogens is 890 g/mol. The van der Waals surface area contributed by atoms with E-state index in [0.29, 0.717) is 69.8 Å². The molecule has 3 fully saturated rings. The molecule has 1 saturated carbocycles. The van der Waals surface area contributed by atoms with Crippen molar-refractivity contribution in [1.29, 1.82) is 0 Å². The number of allylic oxidation sites excluding steroid dienone is 6. The number of esters is 1. The van der Waals surface area contributed by atoms with Gasteiger partial charge in [0.15, 0.2) is 13.2 Å². The summed E-state index contributed by atoms with van der Waals surface area (Å²) in [5.41, 5.74) is 1.36. The number of fused-ring (bicyclic) bond motifs is 3. The molecule has 3 unspecified atom stereocenters. The zero-order valence-electron chi connectivity index (χ0n) is 43.1. The van der Waals surface area contributed by atoms with Crippen LogP contribution in [0.15, 0.2) is 47.6 Å². The number of aliphatic hydroxyl groups is 1. The predicted molar refractivity (Wildman–Crippen MR) is 262 cm³/mol. The van der Waals surface area contributed by atoms with Gasteiger partial charge in [0.1, 0.15) is 36.2 Å². The number of amides is 1. The molecule has 1 N–H and O–H groups in total.